The van der Waals surface area contributed by atoms with Crippen LogP contribution in [0.4, 0.5) is 8.78 Å². The Labute approximate surface area is 143 Å². The third-order valence-electron chi connectivity index (χ3n) is 4.68. The van der Waals surface area contributed by atoms with E-state index < -0.39 is 17.6 Å². The van der Waals surface area contributed by atoms with E-state index >= 15 is 0 Å². The first-order chi connectivity index (χ1) is 12.0. The first kappa shape index (κ1) is 17.3. The van der Waals surface area contributed by atoms with Crippen molar-refractivity contribution < 1.29 is 18.7 Å². The van der Waals surface area contributed by atoms with Crippen LogP contribution < -0.4 is 5.43 Å². The fraction of sp³-hybridized carbons (Fsp3) is 0.368. The van der Waals surface area contributed by atoms with Gasteiger partial charge in [0.2, 0.25) is 0 Å². The van der Waals surface area contributed by atoms with Gasteiger partial charge in [0.05, 0.1) is 0 Å². The van der Waals surface area contributed by atoms with Gasteiger partial charge in [-0.05, 0) is 50.2 Å². The Morgan fingerprint density at radius 1 is 1.16 bits per heavy atom. The molecule has 1 N–H and O–H groups in total. The molecule has 1 aliphatic carbocycles. The number of rotatable bonds is 5. The van der Waals surface area contributed by atoms with Gasteiger partial charge in [0, 0.05) is 23.0 Å². The van der Waals surface area contributed by atoms with E-state index in [1.807, 2.05) is 0 Å². The van der Waals surface area contributed by atoms with Crippen LogP contribution in [0.2, 0.25) is 0 Å². The molecule has 2 aromatic rings. The lowest BCUT2D eigenvalue weighted by molar-refractivity contribution is -0.137. The molecule has 0 radical (unpaired) electrons. The van der Waals surface area contributed by atoms with Crippen molar-refractivity contribution in [3.05, 3.63) is 68.6 Å². The highest BCUT2D eigenvalue weighted by Gasteiger charge is 2.20. The van der Waals surface area contributed by atoms with Crippen LogP contribution in [0.3, 0.4) is 0 Å². The highest BCUT2D eigenvalue weighted by molar-refractivity contribution is 5.67. The molecule has 1 aromatic heterocycles. The second kappa shape index (κ2) is 7.17. The summed E-state index contributed by atoms with van der Waals surface area (Å²) < 4.78 is 28.8. The molecule has 4 nitrogen and oxygen atoms in total. The number of pyridine rings is 1. The number of fused-ring (bicyclic) bond motifs is 1. The number of nitrogens with zero attached hydrogens (tertiary/aromatic N) is 1. The monoisotopic (exact) mass is 347 g/mol. The van der Waals surface area contributed by atoms with Gasteiger partial charge >= 0.3 is 5.97 Å². The lowest BCUT2D eigenvalue weighted by Crippen LogP contribution is -2.27. The molecule has 0 atom stereocenters. The van der Waals surface area contributed by atoms with Crippen molar-refractivity contribution in [2.45, 2.75) is 45.1 Å². The van der Waals surface area contributed by atoms with Gasteiger partial charge in [-0.25, -0.2) is 8.78 Å². The minimum Gasteiger partial charge on any atom is -0.480 e. The number of carboxylic acids is 1. The fourth-order valence-electron chi connectivity index (χ4n) is 3.49. The zero-order chi connectivity index (χ0) is 18.0. The second-order valence-corrected chi connectivity index (χ2v) is 6.33. The third-order valence-corrected chi connectivity index (χ3v) is 4.68. The molecule has 0 saturated carbocycles. The minimum absolute atomic E-state index is 0.0916. The van der Waals surface area contributed by atoms with Crippen molar-refractivity contribution in [1.29, 1.82) is 0 Å². The summed E-state index contributed by atoms with van der Waals surface area (Å²) in [5.74, 6) is -2.80. The Balaban J connectivity index is 1.97. The molecular formula is C19H19F2NO3. The van der Waals surface area contributed by atoms with E-state index in [0.29, 0.717) is 24.1 Å². The summed E-state index contributed by atoms with van der Waals surface area (Å²) in [6, 6.07) is 5.43. The standard InChI is InChI=1S/C19H19F2NO3/c20-15-6-3-4-12(19(15)21)8-9-13-10-17(23)14-5-1-2-7-16(14)22(13)11-18(24)25/h3-4,6,10H,1-2,5,7-9,11H2,(H,24,25). The van der Waals surface area contributed by atoms with E-state index in [1.165, 1.54) is 18.2 Å². The van der Waals surface area contributed by atoms with Crippen LogP contribution in [-0.2, 0) is 37.0 Å². The van der Waals surface area contributed by atoms with E-state index in [4.69, 9.17) is 0 Å². The first-order valence-electron chi connectivity index (χ1n) is 8.36. The molecule has 3 rings (SSSR count). The number of aryl methyl sites for hydroxylation is 2. The molecule has 1 aliphatic rings. The Kier molecular flexibility index (Phi) is 4.97. The van der Waals surface area contributed by atoms with Gasteiger partial charge in [-0.3, -0.25) is 9.59 Å². The van der Waals surface area contributed by atoms with Crippen LogP contribution >= 0.6 is 0 Å². The topological polar surface area (TPSA) is 59.3 Å². The molecule has 1 heterocycles. The van der Waals surface area contributed by atoms with Gasteiger partial charge in [-0.2, -0.15) is 0 Å². The summed E-state index contributed by atoms with van der Waals surface area (Å²) in [5.41, 5.74) is 2.14. The fourth-order valence-corrected chi connectivity index (χ4v) is 3.49. The summed E-state index contributed by atoms with van der Waals surface area (Å²) >= 11 is 0. The number of halogens is 2. The maximum absolute atomic E-state index is 13.8. The zero-order valence-corrected chi connectivity index (χ0v) is 13.7. The number of aliphatic carboxylic acids is 1. The first-order valence-corrected chi connectivity index (χ1v) is 8.36. The Bertz CT molecular complexity index is 874. The van der Waals surface area contributed by atoms with Gasteiger partial charge in [0.1, 0.15) is 6.54 Å². The Hall–Kier alpha value is -2.50. The van der Waals surface area contributed by atoms with Gasteiger partial charge in [0.15, 0.2) is 17.1 Å². The number of hydrogen-bond acceptors (Lipinski definition) is 2. The Morgan fingerprint density at radius 2 is 1.92 bits per heavy atom. The molecular weight excluding hydrogens is 328 g/mol. The molecule has 25 heavy (non-hydrogen) atoms. The quantitative estimate of drug-likeness (QED) is 0.905. The van der Waals surface area contributed by atoms with Gasteiger partial charge in [-0.15, -0.1) is 0 Å². The van der Waals surface area contributed by atoms with E-state index in [2.05, 4.69) is 0 Å². The number of benzene rings is 1. The van der Waals surface area contributed by atoms with Gasteiger partial charge < -0.3 is 9.67 Å². The number of carbonyl (C=O) groups is 1. The van der Waals surface area contributed by atoms with Crippen LogP contribution in [-0.4, -0.2) is 15.6 Å². The molecule has 0 fully saturated rings. The lowest BCUT2D eigenvalue weighted by Gasteiger charge is -2.23. The molecule has 0 bridgehead atoms. The molecule has 0 amide bonds. The molecule has 0 aliphatic heterocycles. The number of carboxylic acid groups (broad SMARTS) is 1. The average molecular weight is 347 g/mol. The van der Waals surface area contributed by atoms with E-state index in [0.717, 1.165) is 24.6 Å². The molecule has 0 unspecified atom stereocenters. The third kappa shape index (κ3) is 3.62. The summed E-state index contributed by atoms with van der Waals surface area (Å²) in [4.78, 5) is 23.6. The van der Waals surface area contributed by atoms with Crippen LogP contribution in [0, 0.1) is 11.6 Å². The summed E-state index contributed by atoms with van der Waals surface area (Å²) in [5, 5.41) is 9.22. The van der Waals surface area contributed by atoms with Crippen LogP contribution in [0.5, 0.6) is 0 Å². The van der Waals surface area contributed by atoms with E-state index in [9.17, 15) is 23.5 Å². The highest BCUT2D eigenvalue weighted by Crippen LogP contribution is 2.21. The molecule has 1 aromatic carbocycles. The van der Waals surface area contributed by atoms with Crippen molar-refractivity contribution in [3.63, 3.8) is 0 Å². The minimum atomic E-state index is -0.991. The zero-order valence-electron chi connectivity index (χ0n) is 13.7. The summed E-state index contributed by atoms with van der Waals surface area (Å²) in [7, 11) is 0. The molecule has 132 valence electrons. The molecule has 0 saturated heterocycles. The van der Waals surface area contributed by atoms with Crippen LogP contribution in [0.1, 0.15) is 35.4 Å². The second-order valence-electron chi connectivity index (χ2n) is 6.33. The lowest BCUT2D eigenvalue weighted by atomic mass is 9.94. The van der Waals surface area contributed by atoms with Crippen molar-refractivity contribution in [1.82, 2.24) is 4.57 Å². The number of hydrogen-bond donors (Lipinski definition) is 1. The summed E-state index contributed by atoms with van der Waals surface area (Å²) in [6.45, 7) is -0.233. The molecule has 0 spiro atoms. The predicted molar refractivity (Wildman–Crippen MR) is 88.7 cm³/mol. The Morgan fingerprint density at radius 3 is 2.68 bits per heavy atom. The van der Waals surface area contributed by atoms with Crippen LogP contribution in [0.15, 0.2) is 29.1 Å². The normalized spacial score (nSPS) is 13.5. The largest absolute Gasteiger partial charge is 0.480 e. The smallest absolute Gasteiger partial charge is 0.323 e. The SMILES string of the molecule is O=C(O)Cn1c(CCc2cccc(F)c2F)cc(=O)c2c1CCCC2. The average Bonchev–Trinajstić information content (AvgIpc) is 2.59. The van der Waals surface area contributed by atoms with E-state index in [-0.39, 0.29) is 30.4 Å². The van der Waals surface area contributed by atoms with E-state index in [1.54, 1.807) is 4.57 Å². The van der Waals surface area contributed by atoms with Crippen molar-refractivity contribution in [2.24, 2.45) is 0 Å². The van der Waals surface area contributed by atoms with Gasteiger partial charge in [-0.1, -0.05) is 12.1 Å². The maximum Gasteiger partial charge on any atom is 0.323 e. The van der Waals surface area contributed by atoms with Crippen molar-refractivity contribution in [2.75, 3.05) is 0 Å². The maximum atomic E-state index is 13.8. The van der Waals surface area contributed by atoms with Crippen molar-refractivity contribution in [3.8, 4) is 0 Å². The van der Waals surface area contributed by atoms with Crippen molar-refractivity contribution >= 4 is 5.97 Å². The molecule has 6 heteroatoms. The van der Waals surface area contributed by atoms with Crippen LogP contribution in [0.25, 0.3) is 0 Å². The predicted octanol–water partition coefficient (Wildman–Crippen LogP) is 2.88. The highest BCUT2D eigenvalue weighted by atomic mass is 19.2. The van der Waals surface area contributed by atoms with Gasteiger partial charge in [0.25, 0.3) is 0 Å². The number of aromatic nitrogens is 1. The summed E-state index contributed by atoms with van der Waals surface area (Å²) in [6.07, 6.45) is 3.63.